The number of ether oxygens (including phenoxy) is 1. The first-order valence-electron chi connectivity index (χ1n) is 7.21. The summed E-state index contributed by atoms with van der Waals surface area (Å²) in [6, 6.07) is 3.28. The molecule has 3 rings (SSSR count). The zero-order chi connectivity index (χ0) is 17.2. The number of alkyl halides is 3. The number of anilines is 2. The summed E-state index contributed by atoms with van der Waals surface area (Å²) in [5.74, 6) is -0.395. The average Bonchev–Trinajstić information content (AvgIpc) is 2.55. The third kappa shape index (κ3) is 3.80. The largest absolute Gasteiger partial charge is 0.417 e. The lowest BCUT2D eigenvalue weighted by molar-refractivity contribution is -0.137. The van der Waals surface area contributed by atoms with Crippen molar-refractivity contribution in [2.24, 2.45) is 0 Å². The Morgan fingerprint density at radius 2 is 2.04 bits per heavy atom. The standard InChI is InChI=1S/C15H14F4N4O/c16-11-5-10(7-22-14(11)12-8-20-3-4-24-12)23-13-2-1-9(6-21-13)15(17,18)19/h1-2,5-7,12,20H,3-4,8H2,(H,21,23). The first kappa shape index (κ1) is 16.6. The van der Waals surface area contributed by atoms with Crippen molar-refractivity contribution >= 4 is 11.5 Å². The Morgan fingerprint density at radius 3 is 2.62 bits per heavy atom. The molecule has 2 aromatic rings. The summed E-state index contributed by atoms with van der Waals surface area (Å²) in [6.07, 6.45) is -2.82. The fourth-order valence-electron chi connectivity index (χ4n) is 2.28. The average molecular weight is 342 g/mol. The highest BCUT2D eigenvalue weighted by Gasteiger charge is 2.30. The van der Waals surface area contributed by atoms with E-state index in [1.807, 2.05) is 0 Å². The van der Waals surface area contributed by atoms with Gasteiger partial charge in [0.15, 0.2) is 0 Å². The number of nitrogens with zero attached hydrogens (tertiary/aromatic N) is 2. The van der Waals surface area contributed by atoms with E-state index >= 15 is 0 Å². The molecule has 0 aliphatic carbocycles. The highest BCUT2D eigenvalue weighted by Crippen LogP contribution is 2.29. The number of nitrogens with one attached hydrogen (secondary N) is 2. The fourth-order valence-corrected chi connectivity index (χ4v) is 2.28. The molecule has 2 N–H and O–H groups in total. The summed E-state index contributed by atoms with van der Waals surface area (Å²) in [6.45, 7) is 1.65. The molecule has 128 valence electrons. The molecular formula is C15H14F4N4O. The second-order valence-electron chi connectivity index (χ2n) is 5.21. The van der Waals surface area contributed by atoms with Crippen LogP contribution in [0.2, 0.25) is 0 Å². The summed E-state index contributed by atoms with van der Waals surface area (Å²) in [4.78, 5) is 7.71. The molecule has 1 aliphatic heterocycles. The molecule has 1 atom stereocenters. The predicted octanol–water partition coefficient (Wildman–Crippen LogP) is 3.04. The molecule has 0 bridgehead atoms. The third-order valence-electron chi connectivity index (χ3n) is 3.47. The van der Waals surface area contributed by atoms with Crippen LogP contribution in [0.15, 0.2) is 30.6 Å². The minimum absolute atomic E-state index is 0.160. The number of pyridine rings is 2. The normalized spacial score (nSPS) is 18.4. The maximum Gasteiger partial charge on any atom is 0.417 e. The van der Waals surface area contributed by atoms with Gasteiger partial charge in [-0.05, 0) is 12.1 Å². The quantitative estimate of drug-likeness (QED) is 0.840. The zero-order valence-electron chi connectivity index (χ0n) is 12.4. The predicted molar refractivity (Wildman–Crippen MR) is 78.3 cm³/mol. The van der Waals surface area contributed by atoms with E-state index in [-0.39, 0.29) is 17.2 Å². The van der Waals surface area contributed by atoms with Crippen molar-refractivity contribution in [2.75, 3.05) is 25.0 Å². The van der Waals surface area contributed by atoms with Gasteiger partial charge in [-0.25, -0.2) is 9.37 Å². The molecule has 0 aromatic carbocycles. The van der Waals surface area contributed by atoms with Crippen LogP contribution in [0.1, 0.15) is 17.4 Å². The van der Waals surface area contributed by atoms with Crippen LogP contribution in [-0.2, 0) is 10.9 Å². The van der Waals surface area contributed by atoms with Gasteiger partial charge < -0.3 is 15.4 Å². The second-order valence-corrected chi connectivity index (χ2v) is 5.21. The third-order valence-corrected chi connectivity index (χ3v) is 3.47. The molecule has 2 aromatic heterocycles. The number of morpholine rings is 1. The van der Waals surface area contributed by atoms with E-state index in [1.165, 1.54) is 18.3 Å². The summed E-state index contributed by atoms with van der Waals surface area (Å²) < 4.78 is 57.1. The van der Waals surface area contributed by atoms with Crippen LogP contribution in [0.25, 0.3) is 0 Å². The first-order valence-corrected chi connectivity index (χ1v) is 7.21. The molecule has 1 fully saturated rings. The smallest absolute Gasteiger partial charge is 0.369 e. The molecule has 24 heavy (non-hydrogen) atoms. The zero-order valence-corrected chi connectivity index (χ0v) is 12.4. The number of hydrogen-bond acceptors (Lipinski definition) is 5. The lowest BCUT2D eigenvalue weighted by atomic mass is 10.2. The Morgan fingerprint density at radius 1 is 1.21 bits per heavy atom. The number of halogens is 4. The summed E-state index contributed by atoms with van der Waals surface area (Å²) in [5, 5.41) is 5.80. The monoisotopic (exact) mass is 342 g/mol. The fraction of sp³-hybridized carbons (Fsp3) is 0.333. The van der Waals surface area contributed by atoms with Gasteiger partial charge in [-0.3, -0.25) is 4.98 Å². The Kier molecular flexibility index (Phi) is 4.63. The molecule has 0 spiro atoms. The van der Waals surface area contributed by atoms with Gasteiger partial charge >= 0.3 is 6.18 Å². The molecule has 1 aliphatic rings. The molecule has 0 amide bonds. The van der Waals surface area contributed by atoms with Gasteiger partial charge in [0.1, 0.15) is 23.4 Å². The number of hydrogen-bond donors (Lipinski definition) is 2. The Bertz CT molecular complexity index is 700. The van der Waals surface area contributed by atoms with Crippen molar-refractivity contribution in [2.45, 2.75) is 12.3 Å². The van der Waals surface area contributed by atoms with Gasteiger partial charge in [0.2, 0.25) is 0 Å². The van der Waals surface area contributed by atoms with E-state index in [4.69, 9.17) is 4.74 Å². The van der Waals surface area contributed by atoms with E-state index in [2.05, 4.69) is 20.6 Å². The molecule has 1 saturated heterocycles. The lowest BCUT2D eigenvalue weighted by Gasteiger charge is -2.23. The number of aromatic nitrogens is 2. The van der Waals surface area contributed by atoms with Crippen molar-refractivity contribution in [3.63, 3.8) is 0 Å². The lowest BCUT2D eigenvalue weighted by Crippen LogP contribution is -2.34. The van der Waals surface area contributed by atoms with Crippen molar-refractivity contribution in [3.8, 4) is 0 Å². The van der Waals surface area contributed by atoms with Crippen molar-refractivity contribution in [1.82, 2.24) is 15.3 Å². The minimum Gasteiger partial charge on any atom is -0.369 e. The first-order chi connectivity index (χ1) is 11.4. The molecule has 0 radical (unpaired) electrons. The van der Waals surface area contributed by atoms with Crippen LogP contribution in [0.5, 0.6) is 0 Å². The topological polar surface area (TPSA) is 59.1 Å². The van der Waals surface area contributed by atoms with Crippen LogP contribution >= 0.6 is 0 Å². The van der Waals surface area contributed by atoms with E-state index in [0.29, 0.717) is 25.9 Å². The van der Waals surface area contributed by atoms with E-state index < -0.39 is 23.7 Å². The minimum atomic E-state index is -4.45. The van der Waals surface area contributed by atoms with Gasteiger partial charge in [-0.1, -0.05) is 0 Å². The van der Waals surface area contributed by atoms with Crippen LogP contribution in [0.3, 0.4) is 0 Å². The maximum atomic E-state index is 14.2. The van der Waals surface area contributed by atoms with Crippen LogP contribution < -0.4 is 10.6 Å². The number of rotatable bonds is 3. The second kappa shape index (κ2) is 6.70. The highest BCUT2D eigenvalue weighted by molar-refractivity contribution is 5.55. The van der Waals surface area contributed by atoms with E-state index in [1.54, 1.807) is 0 Å². The van der Waals surface area contributed by atoms with E-state index in [0.717, 1.165) is 6.07 Å². The molecule has 0 saturated carbocycles. The SMILES string of the molecule is Fc1cc(Nc2ccc(C(F)(F)F)cn2)cnc1C1CNCCO1. The molecule has 9 heteroatoms. The van der Waals surface area contributed by atoms with Gasteiger partial charge in [-0.15, -0.1) is 0 Å². The van der Waals surface area contributed by atoms with Crippen molar-refractivity contribution in [3.05, 3.63) is 47.7 Å². The summed E-state index contributed by atoms with van der Waals surface area (Å²) >= 11 is 0. The molecule has 1 unspecified atom stereocenters. The molecular weight excluding hydrogens is 328 g/mol. The Hall–Kier alpha value is -2.26. The van der Waals surface area contributed by atoms with E-state index in [9.17, 15) is 17.6 Å². The van der Waals surface area contributed by atoms with Crippen LogP contribution in [-0.4, -0.2) is 29.7 Å². The van der Waals surface area contributed by atoms with Crippen molar-refractivity contribution < 1.29 is 22.3 Å². The van der Waals surface area contributed by atoms with Gasteiger partial charge in [-0.2, -0.15) is 13.2 Å². The van der Waals surface area contributed by atoms with Gasteiger partial charge in [0.25, 0.3) is 0 Å². The van der Waals surface area contributed by atoms with Gasteiger partial charge in [0.05, 0.1) is 24.1 Å². The van der Waals surface area contributed by atoms with Crippen LogP contribution in [0, 0.1) is 5.82 Å². The van der Waals surface area contributed by atoms with Gasteiger partial charge in [0, 0.05) is 25.4 Å². The highest BCUT2D eigenvalue weighted by atomic mass is 19.4. The Labute approximate surface area is 135 Å². The molecule has 5 nitrogen and oxygen atoms in total. The Balaban J connectivity index is 1.72. The molecule has 3 heterocycles. The van der Waals surface area contributed by atoms with Crippen LogP contribution in [0.4, 0.5) is 29.1 Å². The summed E-state index contributed by atoms with van der Waals surface area (Å²) in [7, 11) is 0. The van der Waals surface area contributed by atoms with Crippen molar-refractivity contribution in [1.29, 1.82) is 0 Å². The summed E-state index contributed by atoms with van der Waals surface area (Å²) in [5.41, 5.74) is -0.380. The maximum absolute atomic E-state index is 14.2.